The summed E-state index contributed by atoms with van der Waals surface area (Å²) in [5.41, 5.74) is 0.359. The first-order valence-electron chi connectivity index (χ1n) is 13.2. The van der Waals surface area contributed by atoms with E-state index in [0.717, 1.165) is 35.5 Å². The Labute approximate surface area is 224 Å². The zero-order chi connectivity index (χ0) is 27.7. The van der Waals surface area contributed by atoms with Crippen molar-refractivity contribution in [3.05, 3.63) is 21.7 Å². The number of aliphatic hydroxyl groups excluding tert-OH is 2. The van der Waals surface area contributed by atoms with E-state index in [9.17, 15) is 24.6 Å². The molecule has 0 saturated carbocycles. The van der Waals surface area contributed by atoms with E-state index in [2.05, 4.69) is 4.98 Å². The number of hydrogen-bond acceptors (Lipinski definition) is 8. The average Bonchev–Trinajstić information content (AvgIpc) is 3.35. The fourth-order valence-electron chi connectivity index (χ4n) is 5.56. The normalized spacial score (nSPS) is 34.0. The van der Waals surface area contributed by atoms with E-state index in [4.69, 9.17) is 4.74 Å². The molecular formula is C28H42N2O6S. The van der Waals surface area contributed by atoms with Gasteiger partial charge in [-0.3, -0.25) is 14.4 Å². The van der Waals surface area contributed by atoms with Crippen molar-refractivity contribution in [2.24, 2.45) is 17.3 Å². The number of hydrogen-bond donors (Lipinski definition) is 2. The van der Waals surface area contributed by atoms with Gasteiger partial charge in [-0.15, -0.1) is 11.3 Å². The molecule has 1 unspecified atom stereocenters. The van der Waals surface area contributed by atoms with E-state index >= 15 is 0 Å². The van der Waals surface area contributed by atoms with Crippen LogP contribution in [-0.4, -0.2) is 68.2 Å². The number of aromatic nitrogens is 1. The number of aliphatic hydroxyl groups is 2. The van der Waals surface area contributed by atoms with E-state index in [-0.39, 0.29) is 36.1 Å². The smallest absolute Gasteiger partial charge is 0.309 e. The van der Waals surface area contributed by atoms with E-state index in [1.807, 2.05) is 37.1 Å². The number of esters is 1. The third-order valence-corrected chi connectivity index (χ3v) is 8.97. The molecule has 0 radical (unpaired) electrons. The van der Waals surface area contributed by atoms with Gasteiger partial charge in [0, 0.05) is 24.6 Å². The van der Waals surface area contributed by atoms with E-state index in [0.29, 0.717) is 6.42 Å². The van der Waals surface area contributed by atoms with E-state index in [1.165, 1.54) is 11.3 Å². The number of ketones is 1. The van der Waals surface area contributed by atoms with Crippen LogP contribution in [0.1, 0.15) is 84.3 Å². The van der Waals surface area contributed by atoms with Gasteiger partial charge in [-0.1, -0.05) is 34.1 Å². The third kappa shape index (κ3) is 6.86. The number of fused-ring (bicyclic) bond motifs is 1. The molecule has 2 aliphatic heterocycles. The summed E-state index contributed by atoms with van der Waals surface area (Å²) in [7, 11) is 0. The minimum Gasteiger partial charge on any atom is -0.458 e. The van der Waals surface area contributed by atoms with Gasteiger partial charge >= 0.3 is 5.97 Å². The molecule has 3 heterocycles. The Hall–Kier alpha value is -2.10. The number of aryl methyl sites for hydroxylation is 1. The average molecular weight is 535 g/mol. The summed E-state index contributed by atoms with van der Waals surface area (Å²) in [6.45, 7) is 12.2. The number of rotatable bonds is 2. The maximum Gasteiger partial charge on any atom is 0.309 e. The first-order valence-corrected chi connectivity index (χ1v) is 14.1. The van der Waals surface area contributed by atoms with Crippen molar-refractivity contribution in [3.8, 4) is 0 Å². The van der Waals surface area contributed by atoms with Gasteiger partial charge in [0.2, 0.25) is 5.91 Å². The summed E-state index contributed by atoms with van der Waals surface area (Å²) in [6.07, 6.45) is 1.58. The Balaban J connectivity index is 1.90. The molecule has 0 spiro atoms. The Morgan fingerprint density at radius 1 is 1.19 bits per heavy atom. The van der Waals surface area contributed by atoms with Crippen LogP contribution in [0.25, 0.3) is 6.08 Å². The molecule has 3 rings (SSSR count). The molecule has 0 aliphatic carbocycles. The largest absolute Gasteiger partial charge is 0.458 e. The molecule has 2 aliphatic rings. The Morgan fingerprint density at radius 3 is 2.46 bits per heavy atom. The molecule has 1 aromatic rings. The second-order valence-corrected chi connectivity index (χ2v) is 12.5. The summed E-state index contributed by atoms with van der Waals surface area (Å²) in [5, 5.41) is 24.6. The van der Waals surface area contributed by atoms with E-state index < -0.39 is 35.6 Å². The molecule has 1 aromatic heterocycles. The standard InChI is InChI=1S/C28H42N2O6S/c1-15-9-8-10-21-22(30(21)19(5)31)12-23(16(2)11-20-14-37-18(4)29-20)36-25(33)13-24(32)28(6,7)27(35)17(3)26(15)34/h11,14-15,17,21-24,26,32,34H,8-10,12-13H2,1-7H3/b16-11+/t15-,17+,21+,22-,23-,24-,26?,30?/m0/s1. The minimum absolute atomic E-state index is 0.0146. The second kappa shape index (κ2) is 11.7. The number of nitrogens with zero attached hydrogens (tertiary/aromatic N) is 2. The summed E-state index contributed by atoms with van der Waals surface area (Å²) >= 11 is 1.53. The molecule has 2 N–H and O–H groups in total. The molecule has 206 valence electrons. The molecule has 0 aromatic carbocycles. The van der Waals surface area contributed by atoms with Crippen LogP contribution in [0.3, 0.4) is 0 Å². The van der Waals surface area contributed by atoms with Crippen molar-refractivity contribution >= 4 is 35.1 Å². The summed E-state index contributed by atoms with van der Waals surface area (Å²) in [5.74, 6) is -1.71. The van der Waals surface area contributed by atoms with Gasteiger partial charge < -0.3 is 19.8 Å². The van der Waals surface area contributed by atoms with Gasteiger partial charge in [-0.25, -0.2) is 4.98 Å². The highest BCUT2D eigenvalue weighted by molar-refractivity contribution is 7.09. The lowest BCUT2D eigenvalue weighted by Gasteiger charge is -2.34. The van der Waals surface area contributed by atoms with Crippen LogP contribution in [0.5, 0.6) is 0 Å². The lowest BCUT2D eigenvalue weighted by Crippen LogP contribution is -2.45. The minimum atomic E-state index is -1.26. The van der Waals surface area contributed by atoms with Crippen LogP contribution >= 0.6 is 11.3 Å². The van der Waals surface area contributed by atoms with Gasteiger partial charge in [0.15, 0.2) is 0 Å². The fourth-order valence-corrected chi connectivity index (χ4v) is 6.13. The number of carbonyl (C=O) groups excluding carboxylic acids is 3. The number of ether oxygens (including phenoxy) is 1. The van der Waals surface area contributed by atoms with Crippen molar-refractivity contribution < 1.29 is 29.3 Å². The van der Waals surface area contributed by atoms with Crippen molar-refractivity contribution in [2.75, 3.05) is 0 Å². The molecule has 9 heteroatoms. The van der Waals surface area contributed by atoms with Crippen molar-refractivity contribution in [3.63, 3.8) is 0 Å². The number of Topliss-reactive ketones (excluding diaryl/α,β-unsaturated/α-hetero) is 1. The second-order valence-electron chi connectivity index (χ2n) is 11.4. The number of cyclic esters (lactones) is 1. The predicted octanol–water partition coefficient (Wildman–Crippen LogP) is 3.92. The topological polar surface area (TPSA) is 117 Å². The summed E-state index contributed by atoms with van der Waals surface area (Å²) in [4.78, 5) is 44.9. The van der Waals surface area contributed by atoms with Gasteiger partial charge in [-0.2, -0.15) is 0 Å². The van der Waals surface area contributed by atoms with Crippen LogP contribution in [0, 0.1) is 24.2 Å². The highest BCUT2D eigenvalue weighted by Gasteiger charge is 2.50. The first-order chi connectivity index (χ1) is 17.2. The van der Waals surface area contributed by atoms with Crippen molar-refractivity contribution in [1.29, 1.82) is 0 Å². The van der Waals surface area contributed by atoms with Gasteiger partial charge in [0.25, 0.3) is 0 Å². The summed E-state index contributed by atoms with van der Waals surface area (Å²) in [6, 6.07) is -0.000307. The molecule has 2 fully saturated rings. The van der Waals surface area contributed by atoms with Crippen LogP contribution < -0.4 is 0 Å². The lowest BCUT2D eigenvalue weighted by atomic mass is 9.73. The van der Waals surface area contributed by atoms with E-state index in [1.54, 1.807) is 27.7 Å². The van der Waals surface area contributed by atoms with Gasteiger partial charge in [-0.05, 0) is 44.3 Å². The number of thiazole rings is 1. The summed E-state index contributed by atoms with van der Waals surface area (Å²) < 4.78 is 5.89. The highest BCUT2D eigenvalue weighted by atomic mass is 32.1. The lowest BCUT2D eigenvalue weighted by molar-refractivity contribution is -0.154. The van der Waals surface area contributed by atoms with Crippen LogP contribution in [0.2, 0.25) is 0 Å². The first kappa shape index (κ1) is 29.5. The SMILES string of the molecule is CC(=O)N1[C@@H]2CCC[C@H](C)C(O)[C@@H](C)C(=O)C(C)(C)[C@@H](O)CC(=O)O[C@H](/C(C)=C/c3csc(C)n3)C[C@@H]21. The Morgan fingerprint density at radius 2 is 1.86 bits per heavy atom. The number of amides is 1. The molecule has 7 atom stereocenters. The fraction of sp³-hybridized carbons (Fsp3) is 0.714. The van der Waals surface area contributed by atoms with Crippen LogP contribution in [-0.2, 0) is 19.1 Å². The van der Waals surface area contributed by atoms with Crippen LogP contribution in [0.4, 0.5) is 0 Å². The Kier molecular flexibility index (Phi) is 9.35. The highest BCUT2D eigenvalue weighted by Crippen LogP contribution is 2.39. The van der Waals surface area contributed by atoms with Crippen LogP contribution in [0.15, 0.2) is 11.0 Å². The third-order valence-electron chi connectivity index (χ3n) is 8.18. The maximum absolute atomic E-state index is 13.3. The van der Waals surface area contributed by atoms with Gasteiger partial charge in [0.05, 0.1) is 46.8 Å². The molecule has 1 amide bonds. The van der Waals surface area contributed by atoms with Crippen molar-refractivity contribution in [2.45, 2.75) is 111 Å². The monoisotopic (exact) mass is 534 g/mol. The zero-order valence-electron chi connectivity index (χ0n) is 23.1. The molecule has 37 heavy (non-hydrogen) atoms. The quantitative estimate of drug-likeness (QED) is 0.436. The zero-order valence-corrected chi connectivity index (χ0v) is 23.9. The molecule has 8 nitrogen and oxygen atoms in total. The maximum atomic E-state index is 13.3. The van der Waals surface area contributed by atoms with Crippen molar-refractivity contribution in [1.82, 2.24) is 9.88 Å². The Bertz CT molecular complexity index is 1030. The molecule has 0 bridgehead atoms. The van der Waals surface area contributed by atoms with Gasteiger partial charge in [0.1, 0.15) is 11.9 Å². The number of carbonyl (C=O) groups is 3. The molecular weight excluding hydrogens is 492 g/mol. The molecule has 2 saturated heterocycles. The predicted molar refractivity (Wildman–Crippen MR) is 143 cm³/mol.